The number of nitrogens with zero attached hydrogens (tertiary/aromatic N) is 3. The summed E-state index contributed by atoms with van der Waals surface area (Å²) in [6, 6.07) is 14.0. The van der Waals surface area contributed by atoms with Crippen molar-refractivity contribution in [1.82, 2.24) is 14.8 Å². The molecule has 0 aliphatic carbocycles. The quantitative estimate of drug-likeness (QED) is 0.704. The van der Waals surface area contributed by atoms with Gasteiger partial charge in [0.25, 0.3) is 0 Å². The van der Waals surface area contributed by atoms with Gasteiger partial charge in [-0.25, -0.2) is 0 Å². The molecule has 0 N–H and O–H groups in total. The highest BCUT2D eigenvalue weighted by molar-refractivity contribution is 7.99. The Bertz CT molecular complexity index is 739. The highest BCUT2D eigenvalue weighted by Crippen LogP contribution is 2.22. The molecule has 0 bridgehead atoms. The molecule has 2 amide bonds. The summed E-state index contributed by atoms with van der Waals surface area (Å²) in [7, 11) is 1.82. The molecular weight excluding hydrogens is 346 g/mol. The molecule has 1 aliphatic rings. The van der Waals surface area contributed by atoms with Gasteiger partial charge in [0, 0.05) is 56.1 Å². The van der Waals surface area contributed by atoms with Gasteiger partial charge in [-0.05, 0) is 23.8 Å². The lowest BCUT2D eigenvalue weighted by Gasteiger charge is -2.21. The number of carbonyl (C=O) groups is 2. The zero-order valence-corrected chi connectivity index (χ0v) is 15.7. The van der Waals surface area contributed by atoms with E-state index in [0.29, 0.717) is 26.1 Å². The number of rotatable bonds is 7. The monoisotopic (exact) mass is 369 g/mol. The molecule has 1 atom stereocenters. The van der Waals surface area contributed by atoms with Gasteiger partial charge in [-0.1, -0.05) is 24.3 Å². The molecular formula is C20H23N3O2S. The van der Waals surface area contributed by atoms with Crippen molar-refractivity contribution in [2.75, 3.05) is 25.9 Å². The van der Waals surface area contributed by atoms with Crippen LogP contribution in [0.3, 0.4) is 0 Å². The van der Waals surface area contributed by atoms with Gasteiger partial charge in [0.1, 0.15) is 0 Å². The van der Waals surface area contributed by atoms with Crippen LogP contribution in [0.2, 0.25) is 0 Å². The van der Waals surface area contributed by atoms with Crippen molar-refractivity contribution in [3.63, 3.8) is 0 Å². The van der Waals surface area contributed by atoms with Crippen LogP contribution in [0.4, 0.5) is 0 Å². The second kappa shape index (κ2) is 8.85. The average Bonchev–Trinajstić information content (AvgIpc) is 3.03. The summed E-state index contributed by atoms with van der Waals surface area (Å²) in [5.74, 6) is 0.692. The fourth-order valence-corrected chi connectivity index (χ4v) is 3.99. The highest BCUT2D eigenvalue weighted by atomic mass is 32.2. The lowest BCUT2D eigenvalue weighted by atomic mass is 10.1. The Hall–Kier alpha value is -2.34. The molecule has 26 heavy (non-hydrogen) atoms. The molecule has 0 saturated carbocycles. The highest BCUT2D eigenvalue weighted by Gasteiger charge is 2.35. The Kier molecular flexibility index (Phi) is 6.28. The Labute approximate surface area is 158 Å². The van der Waals surface area contributed by atoms with Gasteiger partial charge >= 0.3 is 0 Å². The summed E-state index contributed by atoms with van der Waals surface area (Å²) in [5.41, 5.74) is 0.988. The summed E-state index contributed by atoms with van der Waals surface area (Å²) in [4.78, 5) is 33.7. The fourth-order valence-electron chi connectivity index (χ4n) is 3.04. The van der Waals surface area contributed by atoms with Gasteiger partial charge in [0.05, 0.1) is 5.92 Å². The molecule has 6 heteroatoms. The van der Waals surface area contributed by atoms with E-state index in [4.69, 9.17) is 0 Å². The molecule has 5 nitrogen and oxygen atoms in total. The summed E-state index contributed by atoms with van der Waals surface area (Å²) >= 11 is 1.73. The summed E-state index contributed by atoms with van der Waals surface area (Å²) in [6.45, 7) is 1.68. The van der Waals surface area contributed by atoms with Gasteiger partial charge < -0.3 is 9.80 Å². The number of carbonyl (C=O) groups excluding carboxylic acids is 2. The molecule has 1 aromatic heterocycles. The minimum atomic E-state index is -0.245. The van der Waals surface area contributed by atoms with Gasteiger partial charge in [-0.2, -0.15) is 0 Å². The maximum Gasteiger partial charge on any atom is 0.227 e. The lowest BCUT2D eigenvalue weighted by Crippen LogP contribution is -2.35. The lowest BCUT2D eigenvalue weighted by molar-refractivity contribution is -0.134. The number of likely N-dealkylation sites (tertiary alicyclic amines) is 1. The van der Waals surface area contributed by atoms with E-state index in [1.54, 1.807) is 34.0 Å². The predicted octanol–water partition coefficient (Wildman–Crippen LogP) is 2.68. The number of benzene rings is 1. The number of thioether (sulfide) groups is 1. The van der Waals surface area contributed by atoms with Crippen LogP contribution < -0.4 is 0 Å². The first kappa shape index (κ1) is 18.5. The Morgan fingerprint density at radius 3 is 2.81 bits per heavy atom. The van der Waals surface area contributed by atoms with Crippen molar-refractivity contribution in [2.45, 2.75) is 17.9 Å². The first-order valence-electron chi connectivity index (χ1n) is 8.73. The van der Waals surface area contributed by atoms with Gasteiger partial charge in [0.15, 0.2) is 0 Å². The largest absolute Gasteiger partial charge is 0.345 e. The van der Waals surface area contributed by atoms with Crippen LogP contribution in [0.5, 0.6) is 0 Å². The maximum atomic E-state index is 12.7. The van der Waals surface area contributed by atoms with Crippen molar-refractivity contribution >= 4 is 23.6 Å². The second-order valence-electron chi connectivity index (χ2n) is 6.46. The predicted molar refractivity (Wildman–Crippen MR) is 103 cm³/mol. The molecule has 2 aromatic rings. The minimum absolute atomic E-state index is 0.0410. The first-order chi connectivity index (χ1) is 12.6. The topological polar surface area (TPSA) is 53.5 Å². The molecule has 1 aromatic carbocycles. The van der Waals surface area contributed by atoms with E-state index in [9.17, 15) is 9.59 Å². The van der Waals surface area contributed by atoms with Crippen LogP contribution in [0, 0.1) is 5.92 Å². The van der Waals surface area contributed by atoms with Crippen molar-refractivity contribution in [2.24, 2.45) is 5.92 Å². The minimum Gasteiger partial charge on any atom is -0.345 e. The fraction of sp³-hybridized carbons (Fsp3) is 0.350. The van der Waals surface area contributed by atoms with Crippen LogP contribution in [0.1, 0.15) is 12.0 Å². The third-order valence-electron chi connectivity index (χ3n) is 4.47. The van der Waals surface area contributed by atoms with Gasteiger partial charge in [0.2, 0.25) is 11.8 Å². The third kappa shape index (κ3) is 4.85. The first-order valence-corrected chi connectivity index (χ1v) is 9.71. The Morgan fingerprint density at radius 2 is 2.08 bits per heavy atom. The van der Waals surface area contributed by atoms with E-state index in [1.807, 2.05) is 37.4 Å². The normalized spacial score (nSPS) is 16.7. The van der Waals surface area contributed by atoms with Crippen LogP contribution in [-0.2, 0) is 16.1 Å². The number of pyridine rings is 1. The van der Waals surface area contributed by atoms with Gasteiger partial charge in [-0.3, -0.25) is 14.6 Å². The molecule has 1 saturated heterocycles. The van der Waals surface area contributed by atoms with E-state index in [0.717, 1.165) is 11.3 Å². The Balaban J connectivity index is 1.47. The molecule has 1 unspecified atom stereocenters. The van der Waals surface area contributed by atoms with E-state index in [1.165, 1.54) is 4.90 Å². The number of hydrogen-bond acceptors (Lipinski definition) is 4. The molecule has 1 aliphatic heterocycles. The zero-order chi connectivity index (χ0) is 18.4. The number of hydrogen-bond donors (Lipinski definition) is 0. The van der Waals surface area contributed by atoms with Crippen molar-refractivity contribution in [3.8, 4) is 0 Å². The van der Waals surface area contributed by atoms with Crippen LogP contribution in [-0.4, -0.2) is 52.5 Å². The second-order valence-corrected chi connectivity index (χ2v) is 7.63. The van der Waals surface area contributed by atoms with Crippen molar-refractivity contribution in [3.05, 3.63) is 60.4 Å². The molecule has 3 rings (SSSR count). The van der Waals surface area contributed by atoms with E-state index in [-0.39, 0.29) is 17.7 Å². The molecule has 136 valence electrons. The summed E-state index contributed by atoms with van der Waals surface area (Å²) < 4.78 is 0. The number of aromatic nitrogens is 1. The summed E-state index contributed by atoms with van der Waals surface area (Å²) in [6.07, 6.45) is 3.77. The smallest absolute Gasteiger partial charge is 0.227 e. The molecule has 0 spiro atoms. The van der Waals surface area contributed by atoms with E-state index < -0.39 is 0 Å². The average molecular weight is 369 g/mol. The van der Waals surface area contributed by atoms with Crippen molar-refractivity contribution in [1.29, 1.82) is 0 Å². The van der Waals surface area contributed by atoms with Crippen LogP contribution >= 0.6 is 11.8 Å². The van der Waals surface area contributed by atoms with Crippen LogP contribution in [0.25, 0.3) is 0 Å². The van der Waals surface area contributed by atoms with E-state index in [2.05, 4.69) is 17.1 Å². The Morgan fingerprint density at radius 1 is 1.27 bits per heavy atom. The molecule has 1 fully saturated rings. The zero-order valence-electron chi connectivity index (χ0n) is 14.9. The van der Waals surface area contributed by atoms with E-state index >= 15 is 0 Å². The molecule has 0 radical (unpaired) electrons. The van der Waals surface area contributed by atoms with Crippen LogP contribution in [0.15, 0.2) is 59.8 Å². The third-order valence-corrected chi connectivity index (χ3v) is 5.47. The molecule has 2 heterocycles. The standard InChI is InChI=1S/C20H23N3O2S/c1-22(10-11-26-18-7-3-2-4-8-18)20(25)17-12-19(24)23(15-17)14-16-6-5-9-21-13-16/h2-9,13,17H,10-12,14-15H2,1H3. The number of amides is 2. The summed E-state index contributed by atoms with van der Waals surface area (Å²) in [5, 5.41) is 0. The maximum absolute atomic E-state index is 12.7. The van der Waals surface area contributed by atoms with Gasteiger partial charge in [-0.15, -0.1) is 11.8 Å². The SMILES string of the molecule is CN(CCSc1ccccc1)C(=O)C1CC(=O)N(Cc2cccnc2)C1. The van der Waals surface area contributed by atoms with Crippen molar-refractivity contribution < 1.29 is 9.59 Å².